The van der Waals surface area contributed by atoms with Crippen LogP contribution in [0, 0.1) is 0 Å². The maximum atomic E-state index is 14.2. The summed E-state index contributed by atoms with van der Waals surface area (Å²) >= 11 is 6.49. The lowest BCUT2D eigenvalue weighted by Crippen LogP contribution is -2.39. The molecule has 1 aliphatic rings. The number of esters is 1. The summed E-state index contributed by atoms with van der Waals surface area (Å²) in [7, 11) is 0. The predicted molar refractivity (Wildman–Crippen MR) is 188 cm³/mol. The molecule has 0 bridgehead atoms. The molecule has 0 atom stereocenters. The minimum Gasteiger partial charge on any atom is -0.466 e. The summed E-state index contributed by atoms with van der Waals surface area (Å²) in [5.74, 6) is 0.455. The van der Waals surface area contributed by atoms with E-state index in [1.165, 1.54) is 0 Å². The summed E-state index contributed by atoms with van der Waals surface area (Å²) < 4.78 is 17.3. The predicted octanol–water partition coefficient (Wildman–Crippen LogP) is 9.08. The van der Waals surface area contributed by atoms with E-state index in [9.17, 15) is 14.4 Å². The Morgan fingerprint density at radius 1 is 0.875 bits per heavy atom. The number of halogens is 1. The standard InChI is InChI=1S/C39H41ClN2O6/c1-5-46-36(43)15-10-23-42(37(44)29-18-16-28(17-19-29)27-11-7-6-8-12-27)33-21-20-31(40)25-35(33)47-34-14-9-13-30-26-41(24-22-32(30)34)38(45)48-39(2,3)4/h6-9,11-14,16-21,25H,5,10,15,22-24,26H2,1-4H3. The molecule has 48 heavy (non-hydrogen) atoms. The highest BCUT2D eigenvalue weighted by atomic mass is 35.5. The highest BCUT2D eigenvalue weighted by Gasteiger charge is 2.28. The van der Waals surface area contributed by atoms with Crippen LogP contribution in [0.2, 0.25) is 5.02 Å². The van der Waals surface area contributed by atoms with Gasteiger partial charge in [0.05, 0.1) is 12.3 Å². The Labute approximate surface area is 287 Å². The van der Waals surface area contributed by atoms with Crippen molar-refractivity contribution in [3.8, 4) is 22.6 Å². The zero-order chi connectivity index (χ0) is 34.3. The highest BCUT2D eigenvalue weighted by molar-refractivity contribution is 6.30. The van der Waals surface area contributed by atoms with Crippen molar-refractivity contribution >= 4 is 35.3 Å². The van der Waals surface area contributed by atoms with Crippen molar-refractivity contribution < 1.29 is 28.6 Å². The van der Waals surface area contributed by atoms with E-state index in [2.05, 4.69) is 0 Å². The van der Waals surface area contributed by atoms with Gasteiger partial charge in [-0.2, -0.15) is 0 Å². The summed E-state index contributed by atoms with van der Waals surface area (Å²) in [4.78, 5) is 42.5. The Morgan fingerprint density at radius 2 is 1.60 bits per heavy atom. The summed E-state index contributed by atoms with van der Waals surface area (Å²) in [5, 5.41) is 0.445. The molecule has 0 saturated carbocycles. The van der Waals surface area contributed by atoms with Crippen molar-refractivity contribution in [1.82, 2.24) is 4.90 Å². The van der Waals surface area contributed by atoms with Crippen LogP contribution in [0.25, 0.3) is 11.1 Å². The number of fused-ring (bicyclic) bond motifs is 1. The quantitative estimate of drug-likeness (QED) is 0.157. The number of nitrogens with zero attached hydrogens (tertiary/aromatic N) is 2. The van der Waals surface area contributed by atoms with E-state index in [1.54, 1.807) is 34.9 Å². The lowest BCUT2D eigenvalue weighted by molar-refractivity contribution is -0.143. The topological polar surface area (TPSA) is 85.4 Å². The maximum Gasteiger partial charge on any atom is 0.410 e. The Balaban J connectivity index is 1.44. The molecule has 0 aromatic heterocycles. The number of hydrogen-bond donors (Lipinski definition) is 0. The van der Waals surface area contributed by atoms with E-state index in [-0.39, 0.29) is 30.9 Å². The van der Waals surface area contributed by atoms with Gasteiger partial charge in [-0.05, 0) is 87.6 Å². The van der Waals surface area contributed by atoms with E-state index < -0.39 is 5.60 Å². The summed E-state index contributed by atoms with van der Waals surface area (Å²) in [5.41, 5.74) is 4.39. The number of amides is 2. The second-order valence-corrected chi connectivity index (χ2v) is 13.0. The van der Waals surface area contributed by atoms with Gasteiger partial charge in [0.25, 0.3) is 5.91 Å². The fraction of sp³-hybridized carbons (Fsp3) is 0.308. The Morgan fingerprint density at radius 3 is 2.31 bits per heavy atom. The molecule has 9 heteroatoms. The number of ether oxygens (including phenoxy) is 3. The average Bonchev–Trinajstić information content (AvgIpc) is 3.07. The van der Waals surface area contributed by atoms with Crippen LogP contribution >= 0.6 is 11.6 Å². The second kappa shape index (κ2) is 15.4. The molecule has 0 N–H and O–H groups in total. The molecule has 1 aliphatic heterocycles. The zero-order valence-corrected chi connectivity index (χ0v) is 28.6. The van der Waals surface area contributed by atoms with Crippen LogP contribution in [0.15, 0.2) is 91.0 Å². The molecule has 0 spiro atoms. The normalized spacial score (nSPS) is 12.6. The van der Waals surface area contributed by atoms with Crippen molar-refractivity contribution in [1.29, 1.82) is 0 Å². The van der Waals surface area contributed by atoms with Crippen molar-refractivity contribution in [2.45, 2.75) is 59.1 Å². The molecule has 0 fully saturated rings. The number of carbonyl (C=O) groups is 3. The van der Waals surface area contributed by atoms with Crippen molar-refractivity contribution in [2.75, 3.05) is 24.6 Å². The number of rotatable bonds is 10. The Kier molecular flexibility index (Phi) is 11.1. The highest BCUT2D eigenvalue weighted by Crippen LogP contribution is 2.39. The minimum absolute atomic E-state index is 0.161. The molecule has 250 valence electrons. The third kappa shape index (κ3) is 8.75. The van der Waals surface area contributed by atoms with Gasteiger partial charge in [-0.3, -0.25) is 9.59 Å². The van der Waals surface area contributed by atoms with Gasteiger partial charge >= 0.3 is 12.1 Å². The van der Waals surface area contributed by atoms with Crippen LogP contribution in [0.5, 0.6) is 11.5 Å². The Bertz CT molecular complexity index is 1750. The molecule has 8 nitrogen and oxygen atoms in total. The van der Waals surface area contributed by atoms with Crippen LogP contribution in [-0.4, -0.2) is 48.2 Å². The molecule has 2 amide bonds. The molecular weight excluding hydrogens is 628 g/mol. The summed E-state index contributed by atoms with van der Waals surface area (Å²) in [6.45, 7) is 8.71. The molecule has 0 saturated heterocycles. The van der Waals surface area contributed by atoms with Crippen LogP contribution in [0.4, 0.5) is 10.5 Å². The summed E-state index contributed by atoms with van der Waals surface area (Å²) in [6.07, 6.45) is 0.756. The fourth-order valence-corrected chi connectivity index (χ4v) is 5.76. The monoisotopic (exact) mass is 668 g/mol. The molecular formula is C39H41ClN2O6. The molecule has 0 radical (unpaired) electrons. The summed E-state index contributed by atoms with van der Waals surface area (Å²) in [6, 6.07) is 28.3. The van der Waals surface area contributed by atoms with Crippen molar-refractivity contribution in [3.63, 3.8) is 0 Å². The van der Waals surface area contributed by atoms with Crippen LogP contribution in [0.1, 0.15) is 62.0 Å². The van der Waals surface area contributed by atoms with Gasteiger partial charge in [0, 0.05) is 48.3 Å². The number of carbonyl (C=O) groups excluding carboxylic acids is 3. The van der Waals surface area contributed by atoms with Gasteiger partial charge in [-0.15, -0.1) is 0 Å². The van der Waals surface area contributed by atoms with Crippen LogP contribution in [-0.2, 0) is 27.2 Å². The zero-order valence-electron chi connectivity index (χ0n) is 27.8. The van der Waals surface area contributed by atoms with E-state index >= 15 is 0 Å². The van der Waals surface area contributed by atoms with Gasteiger partial charge in [-0.25, -0.2) is 4.79 Å². The molecule has 4 aromatic carbocycles. The van der Waals surface area contributed by atoms with Crippen LogP contribution in [0.3, 0.4) is 0 Å². The molecule has 0 aliphatic carbocycles. The lowest BCUT2D eigenvalue weighted by Gasteiger charge is -2.32. The number of anilines is 1. The van der Waals surface area contributed by atoms with Crippen molar-refractivity contribution in [2.24, 2.45) is 0 Å². The first-order chi connectivity index (χ1) is 23.0. The van der Waals surface area contributed by atoms with Gasteiger partial charge in [0.1, 0.15) is 11.4 Å². The second-order valence-electron chi connectivity index (χ2n) is 12.6. The Hall–Kier alpha value is -4.82. The van der Waals surface area contributed by atoms with Gasteiger partial charge < -0.3 is 24.0 Å². The molecule has 5 rings (SSSR count). The molecule has 1 heterocycles. The van der Waals surface area contributed by atoms with E-state index in [0.29, 0.717) is 60.3 Å². The van der Waals surface area contributed by atoms with Gasteiger partial charge in [0.15, 0.2) is 5.75 Å². The minimum atomic E-state index is -0.588. The first-order valence-electron chi connectivity index (χ1n) is 16.2. The average molecular weight is 669 g/mol. The lowest BCUT2D eigenvalue weighted by atomic mass is 9.99. The molecule has 4 aromatic rings. The van der Waals surface area contributed by atoms with Gasteiger partial charge in [-0.1, -0.05) is 66.2 Å². The maximum absolute atomic E-state index is 14.2. The number of benzene rings is 4. The SMILES string of the molecule is CCOC(=O)CCCN(C(=O)c1ccc(-c2ccccc2)cc1)c1ccc(Cl)cc1Oc1cccc2c1CCN(C(=O)OC(C)(C)C)C2. The number of hydrogen-bond acceptors (Lipinski definition) is 6. The van der Waals surface area contributed by atoms with E-state index in [0.717, 1.165) is 22.3 Å². The van der Waals surface area contributed by atoms with Gasteiger partial charge in [0.2, 0.25) is 0 Å². The van der Waals surface area contributed by atoms with Crippen LogP contribution < -0.4 is 9.64 Å². The van der Waals surface area contributed by atoms with E-state index in [1.807, 2.05) is 93.6 Å². The third-order valence-corrected chi connectivity index (χ3v) is 8.09. The molecule has 0 unspecified atom stereocenters. The first kappa shape index (κ1) is 34.5. The largest absolute Gasteiger partial charge is 0.466 e. The smallest absolute Gasteiger partial charge is 0.410 e. The fourth-order valence-electron chi connectivity index (χ4n) is 5.60. The van der Waals surface area contributed by atoms with E-state index in [4.69, 9.17) is 25.8 Å². The first-order valence-corrected chi connectivity index (χ1v) is 16.6. The van der Waals surface area contributed by atoms with Crippen molar-refractivity contribution in [3.05, 3.63) is 113 Å². The third-order valence-electron chi connectivity index (χ3n) is 7.86.